The summed E-state index contributed by atoms with van der Waals surface area (Å²) in [5.74, 6) is 0.947. The summed E-state index contributed by atoms with van der Waals surface area (Å²) in [4.78, 5) is 18.2. The lowest BCUT2D eigenvalue weighted by molar-refractivity contribution is -0.175. The Morgan fingerprint density at radius 2 is 1.55 bits per heavy atom. The fourth-order valence-electron chi connectivity index (χ4n) is 5.50. The normalized spacial score (nSPS) is 15.8. The number of aryl methyl sites for hydroxylation is 1. The van der Waals surface area contributed by atoms with Crippen LogP contribution in [0, 0.1) is 5.92 Å². The molecule has 5 heteroatoms. The highest BCUT2D eigenvalue weighted by molar-refractivity contribution is 5.82. The van der Waals surface area contributed by atoms with Crippen molar-refractivity contribution < 1.29 is 19.5 Å². The molecule has 0 bridgehead atoms. The number of phenolic OH excluding ortho intramolecular Hbond substituents is 1. The zero-order chi connectivity index (χ0) is 27.0. The molecule has 0 spiro atoms. The molecular weight excluding hydrogens is 474 g/mol. The molecule has 1 fully saturated rings. The van der Waals surface area contributed by atoms with Gasteiger partial charge in [0.25, 0.3) is 0 Å². The van der Waals surface area contributed by atoms with E-state index in [1.165, 1.54) is 23.8 Å². The number of benzene rings is 3. The highest BCUT2D eigenvalue weighted by Gasteiger charge is 2.31. The van der Waals surface area contributed by atoms with Crippen LogP contribution in [0.3, 0.4) is 0 Å². The number of piperidine rings is 1. The summed E-state index contributed by atoms with van der Waals surface area (Å²) in [7, 11) is 1.43. The predicted molar refractivity (Wildman–Crippen MR) is 151 cm³/mol. The number of phenols is 1. The molecule has 0 aromatic heterocycles. The van der Waals surface area contributed by atoms with Crippen molar-refractivity contribution in [2.45, 2.75) is 57.3 Å². The topological polar surface area (TPSA) is 59.0 Å². The highest BCUT2D eigenvalue weighted by atomic mass is 16.7. The number of aromatic hydroxyl groups is 1. The fraction of sp³-hybridized carbons (Fsp3) is 0.424. The van der Waals surface area contributed by atoms with Gasteiger partial charge in [-0.25, -0.2) is 0 Å². The standard InChI is InChI=1S/C33H41NO4/c1-33(2,32(36)37-3)29-16-12-25(13-17-29)9-7-8-24-38-34-22-20-28(21-23-34)31(26-10-5-4-6-11-26)27-14-18-30(35)19-15-27/h4-6,10-19,28,31,35H,7-9,20-24H2,1-3H3/t31-/m1/s1. The third-order valence-corrected chi connectivity index (χ3v) is 7.89. The summed E-state index contributed by atoms with van der Waals surface area (Å²) in [6, 6.07) is 26.7. The molecule has 1 atom stereocenters. The van der Waals surface area contributed by atoms with E-state index in [2.05, 4.69) is 59.7 Å². The number of methoxy groups -OCH3 is 1. The summed E-state index contributed by atoms with van der Waals surface area (Å²) in [5, 5.41) is 11.9. The molecule has 3 aromatic rings. The first-order chi connectivity index (χ1) is 18.4. The first-order valence-corrected chi connectivity index (χ1v) is 13.8. The monoisotopic (exact) mass is 515 g/mol. The second kappa shape index (κ2) is 13.1. The number of unbranched alkanes of at least 4 members (excludes halogenated alkanes) is 1. The lowest BCUT2D eigenvalue weighted by Crippen LogP contribution is -2.36. The van der Waals surface area contributed by atoms with Crippen molar-refractivity contribution in [3.8, 4) is 5.75 Å². The van der Waals surface area contributed by atoms with Crippen LogP contribution in [0.5, 0.6) is 5.75 Å². The summed E-state index contributed by atoms with van der Waals surface area (Å²) in [5.41, 5.74) is 4.20. The van der Waals surface area contributed by atoms with Gasteiger partial charge in [0.2, 0.25) is 0 Å². The molecule has 5 nitrogen and oxygen atoms in total. The Labute approximate surface area is 227 Å². The Morgan fingerprint density at radius 3 is 2.18 bits per heavy atom. The molecule has 38 heavy (non-hydrogen) atoms. The van der Waals surface area contributed by atoms with Crippen LogP contribution in [0.15, 0.2) is 78.9 Å². The minimum Gasteiger partial charge on any atom is -0.508 e. The van der Waals surface area contributed by atoms with Crippen LogP contribution in [-0.4, -0.2) is 42.9 Å². The number of carbonyl (C=O) groups excluding carboxylic acids is 1. The summed E-state index contributed by atoms with van der Waals surface area (Å²) in [6.45, 7) is 6.39. The lowest BCUT2D eigenvalue weighted by atomic mass is 9.76. The van der Waals surface area contributed by atoms with Gasteiger partial charge in [0, 0.05) is 19.0 Å². The Morgan fingerprint density at radius 1 is 0.921 bits per heavy atom. The van der Waals surface area contributed by atoms with Crippen molar-refractivity contribution in [1.82, 2.24) is 5.06 Å². The largest absolute Gasteiger partial charge is 0.508 e. The number of hydroxylamine groups is 2. The average molecular weight is 516 g/mol. The molecule has 3 aromatic carbocycles. The van der Waals surface area contributed by atoms with Crippen molar-refractivity contribution >= 4 is 5.97 Å². The molecular formula is C33H41NO4. The SMILES string of the molecule is COC(=O)C(C)(C)c1ccc(CCCCON2CCC([C@H](c3ccccc3)c3ccc(O)cc3)CC2)cc1. The summed E-state index contributed by atoms with van der Waals surface area (Å²) in [6.07, 6.45) is 5.22. The van der Waals surface area contributed by atoms with E-state index in [9.17, 15) is 9.90 Å². The van der Waals surface area contributed by atoms with Crippen LogP contribution in [-0.2, 0) is 26.2 Å². The van der Waals surface area contributed by atoms with Crippen molar-refractivity contribution in [3.05, 3.63) is 101 Å². The number of hydrogen-bond donors (Lipinski definition) is 1. The third kappa shape index (κ3) is 7.03. The molecule has 4 rings (SSSR count). The zero-order valence-electron chi connectivity index (χ0n) is 22.9. The van der Waals surface area contributed by atoms with E-state index in [4.69, 9.17) is 9.57 Å². The molecule has 0 amide bonds. The van der Waals surface area contributed by atoms with Gasteiger partial charge in [0.15, 0.2) is 0 Å². The minimum absolute atomic E-state index is 0.220. The van der Waals surface area contributed by atoms with Gasteiger partial charge in [-0.2, -0.15) is 5.06 Å². The van der Waals surface area contributed by atoms with Crippen LogP contribution in [0.2, 0.25) is 0 Å². The van der Waals surface area contributed by atoms with E-state index in [1.54, 1.807) is 12.1 Å². The van der Waals surface area contributed by atoms with Gasteiger partial charge in [0.05, 0.1) is 19.1 Å². The molecule has 0 aliphatic carbocycles. The number of hydrogen-bond acceptors (Lipinski definition) is 5. The van der Waals surface area contributed by atoms with Gasteiger partial charge in [-0.05, 0) is 86.3 Å². The van der Waals surface area contributed by atoms with Gasteiger partial charge in [-0.1, -0.05) is 66.7 Å². The molecule has 0 unspecified atom stereocenters. The number of carbonyl (C=O) groups is 1. The molecule has 1 heterocycles. The Bertz CT molecular complexity index is 1130. The first kappa shape index (κ1) is 27.9. The van der Waals surface area contributed by atoms with E-state index in [0.717, 1.165) is 57.4 Å². The third-order valence-electron chi connectivity index (χ3n) is 7.89. The predicted octanol–water partition coefficient (Wildman–Crippen LogP) is 6.64. The Balaban J connectivity index is 1.21. The van der Waals surface area contributed by atoms with Crippen LogP contribution in [0.25, 0.3) is 0 Å². The van der Waals surface area contributed by atoms with Gasteiger partial charge < -0.3 is 9.84 Å². The maximum Gasteiger partial charge on any atom is 0.315 e. The zero-order valence-corrected chi connectivity index (χ0v) is 22.9. The number of rotatable bonds is 11. The van der Waals surface area contributed by atoms with Crippen LogP contribution >= 0.6 is 0 Å². The molecule has 1 saturated heterocycles. The number of nitrogens with zero attached hydrogens (tertiary/aromatic N) is 1. The van der Waals surface area contributed by atoms with Gasteiger partial charge >= 0.3 is 5.97 Å². The van der Waals surface area contributed by atoms with Crippen molar-refractivity contribution in [3.63, 3.8) is 0 Å². The van der Waals surface area contributed by atoms with Crippen molar-refractivity contribution in [2.24, 2.45) is 5.92 Å². The lowest BCUT2D eigenvalue weighted by Gasteiger charge is -2.36. The minimum atomic E-state index is -0.639. The fourth-order valence-corrected chi connectivity index (χ4v) is 5.50. The molecule has 1 aliphatic rings. The molecule has 202 valence electrons. The first-order valence-electron chi connectivity index (χ1n) is 13.8. The number of esters is 1. The summed E-state index contributed by atoms with van der Waals surface area (Å²) < 4.78 is 4.94. The Hall–Kier alpha value is -3.15. The molecule has 1 aliphatic heterocycles. The maximum absolute atomic E-state index is 12.0. The van der Waals surface area contributed by atoms with Crippen molar-refractivity contribution in [2.75, 3.05) is 26.8 Å². The van der Waals surface area contributed by atoms with Crippen LogP contribution < -0.4 is 0 Å². The average Bonchev–Trinajstić information content (AvgIpc) is 2.95. The van der Waals surface area contributed by atoms with Gasteiger partial charge in [-0.15, -0.1) is 0 Å². The Kier molecular flexibility index (Phi) is 9.59. The highest BCUT2D eigenvalue weighted by Crippen LogP contribution is 2.38. The smallest absolute Gasteiger partial charge is 0.315 e. The second-order valence-electron chi connectivity index (χ2n) is 10.9. The quantitative estimate of drug-likeness (QED) is 0.229. The van der Waals surface area contributed by atoms with Gasteiger partial charge in [-0.3, -0.25) is 9.63 Å². The molecule has 0 saturated carbocycles. The second-order valence-corrected chi connectivity index (χ2v) is 10.9. The van der Waals surface area contributed by atoms with Crippen LogP contribution in [0.1, 0.15) is 67.7 Å². The molecule has 0 radical (unpaired) electrons. The van der Waals surface area contributed by atoms with E-state index in [-0.39, 0.29) is 5.97 Å². The van der Waals surface area contributed by atoms with E-state index in [0.29, 0.717) is 17.6 Å². The number of ether oxygens (including phenoxy) is 1. The van der Waals surface area contributed by atoms with E-state index >= 15 is 0 Å². The van der Waals surface area contributed by atoms with Crippen molar-refractivity contribution in [1.29, 1.82) is 0 Å². The maximum atomic E-state index is 12.0. The van der Waals surface area contributed by atoms with E-state index in [1.807, 2.05) is 26.0 Å². The molecule has 1 N–H and O–H groups in total. The van der Waals surface area contributed by atoms with Crippen LogP contribution in [0.4, 0.5) is 0 Å². The summed E-state index contributed by atoms with van der Waals surface area (Å²) >= 11 is 0. The van der Waals surface area contributed by atoms with Gasteiger partial charge in [0.1, 0.15) is 5.75 Å². The van der Waals surface area contributed by atoms with E-state index < -0.39 is 5.41 Å².